The van der Waals surface area contributed by atoms with Gasteiger partial charge < -0.3 is 0 Å². The number of anilines is 1. The van der Waals surface area contributed by atoms with Gasteiger partial charge in [-0.2, -0.15) is 15.2 Å². The summed E-state index contributed by atoms with van der Waals surface area (Å²) < 4.78 is 0. The van der Waals surface area contributed by atoms with Gasteiger partial charge in [0, 0.05) is 5.41 Å². The average Bonchev–Trinajstić information content (AvgIpc) is 2.61. The Hall–Kier alpha value is -1.78. The van der Waals surface area contributed by atoms with Crippen LogP contribution in [0.3, 0.4) is 0 Å². The van der Waals surface area contributed by atoms with Crippen LogP contribution in [-0.2, 0) is 4.79 Å². The van der Waals surface area contributed by atoms with E-state index in [0.29, 0.717) is 12.2 Å². The highest BCUT2D eigenvalue weighted by Crippen LogP contribution is 2.26. The fourth-order valence-corrected chi connectivity index (χ4v) is 1.53. The van der Waals surface area contributed by atoms with Crippen molar-refractivity contribution in [3.63, 3.8) is 0 Å². The number of rotatable bonds is 1. The number of nitrogens with zero attached hydrogens (tertiary/aromatic N) is 4. The summed E-state index contributed by atoms with van der Waals surface area (Å²) in [7, 11) is 0. The second-order valence-corrected chi connectivity index (χ2v) is 5.21. The predicted octanol–water partition coefficient (Wildman–Crippen LogP) is 1.92. The molecular formula is C12H16N4O. The van der Waals surface area contributed by atoms with Gasteiger partial charge in [0.15, 0.2) is 5.82 Å². The minimum Gasteiger partial charge on any atom is -0.272 e. The molecule has 0 saturated carbocycles. The first-order valence-corrected chi connectivity index (χ1v) is 5.59. The van der Waals surface area contributed by atoms with Crippen molar-refractivity contribution in [1.82, 2.24) is 10.2 Å². The second-order valence-electron chi connectivity index (χ2n) is 5.21. The SMILES string of the molecule is Cc1ccc(N2N=C(C(C)(C)C)CC2=O)nn1. The quantitative estimate of drug-likeness (QED) is 0.743. The van der Waals surface area contributed by atoms with E-state index in [2.05, 4.69) is 15.3 Å². The van der Waals surface area contributed by atoms with Crippen LogP contribution in [0.1, 0.15) is 32.9 Å². The average molecular weight is 232 g/mol. The number of aromatic nitrogens is 2. The summed E-state index contributed by atoms with van der Waals surface area (Å²) in [5, 5.41) is 13.6. The Morgan fingerprint density at radius 3 is 2.41 bits per heavy atom. The van der Waals surface area contributed by atoms with E-state index < -0.39 is 0 Å². The van der Waals surface area contributed by atoms with Gasteiger partial charge in [-0.1, -0.05) is 20.8 Å². The highest BCUT2D eigenvalue weighted by atomic mass is 16.2. The molecule has 0 aliphatic carbocycles. The van der Waals surface area contributed by atoms with E-state index in [0.717, 1.165) is 11.4 Å². The molecule has 5 heteroatoms. The molecule has 0 fully saturated rings. The second kappa shape index (κ2) is 3.91. The van der Waals surface area contributed by atoms with Crippen LogP contribution in [0.2, 0.25) is 0 Å². The lowest BCUT2D eigenvalue weighted by Gasteiger charge is -2.16. The fourth-order valence-electron chi connectivity index (χ4n) is 1.53. The van der Waals surface area contributed by atoms with Gasteiger partial charge in [0.05, 0.1) is 17.8 Å². The molecule has 1 amide bonds. The molecule has 0 radical (unpaired) electrons. The van der Waals surface area contributed by atoms with Crippen molar-refractivity contribution < 1.29 is 4.79 Å². The van der Waals surface area contributed by atoms with E-state index in [-0.39, 0.29) is 11.3 Å². The van der Waals surface area contributed by atoms with Crippen LogP contribution in [0.4, 0.5) is 5.82 Å². The van der Waals surface area contributed by atoms with Crippen LogP contribution < -0.4 is 5.01 Å². The van der Waals surface area contributed by atoms with E-state index in [1.807, 2.05) is 33.8 Å². The van der Waals surface area contributed by atoms with E-state index in [9.17, 15) is 4.79 Å². The van der Waals surface area contributed by atoms with E-state index in [4.69, 9.17) is 0 Å². The Kier molecular flexibility index (Phi) is 2.69. The zero-order valence-corrected chi connectivity index (χ0v) is 10.6. The largest absolute Gasteiger partial charge is 0.272 e. The molecule has 1 aromatic heterocycles. The van der Waals surface area contributed by atoms with E-state index in [1.54, 1.807) is 6.07 Å². The molecule has 0 saturated heterocycles. The first kappa shape index (κ1) is 11.7. The third-order valence-corrected chi connectivity index (χ3v) is 2.64. The molecule has 2 heterocycles. The third kappa shape index (κ3) is 2.33. The highest BCUT2D eigenvalue weighted by Gasteiger charge is 2.32. The van der Waals surface area contributed by atoms with Gasteiger partial charge in [-0.15, -0.1) is 5.10 Å². The molecule has 1 aliphatic heterocycles. The van der Waals surface area contributed by atoms with Crippen LogP contribution in [-0.4, -0.2) is 21.8 Å². The van der Waals surface area contributed by atoms with E-state index in [1.165, 1.54) is 5.01 Å². The molecule has 17 heavy (non-hydrogen) atoms. The number of amides is 1. The Morgan fingerprint density at radius 2 is 1.94 bits per heavy atom. The summed E-state index contributed by atoms with van der Waals surface area (Å²) in [6, 6.07) is 3.58. The topological polar surface area (TPSA) is 58.5 Å². The number of hydrazone groups is 1. The maximum atomic E-state index is 11.9. The standard InChI is InChI=1S/C12H16N4O/c1-8-5-6-10(14-13-8)16-11(17)7-9(15-16)12(2,3)4/h5-6H,7H2,1-4H3. The van der Waals surface area contributed by atoms with Gasteiger partial charge in [0.1, 0.15) is 0 Å². The molecule has 0 N–H and O–H groups in total. The Balaban J connectivity index is 2.31. The molecule has 0 aromatic carbocycles. The van der Waals surface area contributed by atoms with Crippen molar-refractivity contribution >= 4 is 17.4 Å². The van der Waals surface area contributed by atoms with Gasteiger partial charge in [0.2, 0.25) is 0 Å². The molecule has 2 rings (SSSR count). The van der Waals surface area contributed by atoms with Crippen molar-refractivity contribution in [3.8, 4) is 0 Å². The normalized spacial score (nSPS) is 16.4. The molecular weight excluding hydrogens is 216 g/mol. The first-order chi connectivity index (χ1) is 7.88. The Labute approximate surface area is 101 Å². The lowest BCUT2D eigenvalue weighted by molar-refractivity contribution is -0.117. The number of aryl methyl sites for hydroxylation is 1. The van der Waals surface area contributed by atoms with Crippen LogP contribution in [0.25, 0.3) is 0 Å². The summed E-state index contributed by atoms with van der Waals surface area (Å²) >= 11 is 0. The molecule has 0 spiro atoms. The minimum atomic E-state index is -0.0947. The van der Waals surface area contributed by atoms with Crippen molar-refractivity contribution in [2.24, 2.45) is 10.5 Å². The number of carbonyl (C=O) groups excluding carboxylic acids is 1. The fraction of sp³-hybridized carbons (Fsp3) is 0.500. The maximum Gasteiger partial charge on any atom is 0.254 e. The summed E-state index contributed by atoms with van der Waals surface area (Å²) in [4.78, 5) is 11.9. The van der Waals surface area contributed by atoms with Crippen LogP contribution in [0.5, 0.6) is 0 Å². The van der Waals surface area contributed by atoms with Crippen molar-refractivity contribution in [2.75, 3.05) is 5.01 Å². The Morgan fingerprint density at radius 1 is 1.24 bits per heavy atom. The van der Waals surface area contributed by atoms with Crippen LogP contribution in [0.15, 0.2) is 17.2 Å². The van der Waals surface area contributed by atoms with E-state index >= 15 is 0 Å². The van der Waals surface area contributed by atoms with Crippen molar-refractivity contribution in [3.05, 3.63) is 17.8 Å². The van der Waals surface area contributed by atoms with Gasteiger partial charge in [-0.25, -0.2) is 0 Å². The summed E-state index contributed by atoms with van der Waals surface area (Å²) in [5.41, 5.74) is 1.60. The van der Waals surface area contributed by atoms with Crippen molar-refractivity contribution in [2.45, 2.75) is 34.1 Å². The van der Waals surface area contributed by atoms with Gasteiger partial charge >= 0.3 is 0 Å². The first-order valence-electron chi connectivity index (χ1n) is 5.59. The van der Waals surface area contributed by atoms with Gasteiger partial charge in [-0.05, 0) is 19.1 Å². The summed E-state index contributed by atoms with van der Waals surface area (Å²) in [5.74, 6) is 0.438. The summed E-state index contributed by atoms with van der Waals surface area (Å²) in [6.07, 6.45) is 0.360. The smallest absolute Gasteiger partial charge is 0.254 e. The molecule has 5 nitrogen and oxygen atoms in total. The molecule has 0 bridgehead atoms. The van der Waals surface area contributed by atoms with Crippen LogP contribution in [0, 0.1) is 12.3 Å². The highest BCUT2D eigenvalue weighted by molar-refractivity contribution is 6.14. The number of hydrogen-bond acceptors (Lipinski definition) is 4. The lowest BCUT2D eigenvalue weighted by atomic mass is 9.88. The maximum absolute atomic E-state index is 11.9. The molecule has 1 aliphatic rings. The third-order valence-electron chi connectivity index (χ3n) is 2.64. The monoisotopic (exact) mass is 232 g/mol. The van der Waals surface area contributed by atoms with Gasteiger partial charge in [0.25, 0.3) is 5.91 Å². The minimum absolute atomic E-state index is 0.0481. The zero-order chi connectivity index (χ0) is 12.6. The van der Waals surface area contributed by atoms with Crippen molar-refractivity contribution in [1.29, 1.82) is 0 Å². The molecule has 0 unspecified atom stereocenters. The predicted molar refractivity (Wildman–Crippen MR) is 65.8 cm³/mol. The van der Waals surface area contributed by atoms with Gasteiger partial charge in [-0.3, -0.25) is 4.79 Å². The number of hydrogen-bond donors (Lipinski definition) is 0. The molecule has 0 atom stereocenters. The molecule has 1 aromatic rings. The zero-order valence-electron chi connectivity index (χ0n) is 10.6. The number of carbonyl (C=O) groups is 1. The Bertz CT molecular complexity index is 470. The molecule has 90 valence electrons. The van der Waals surface area contributed by atoms with Crippen LogP contribution >= 0.6 is 0 Å². The lowest BCUT2D eigenvalue weighted by Crippen LogP contribution is -2.21. The summed E-state index contributed by atoms with van der Waals surface area (Å²) in [6.45, 7) is 7.99.